The molecule has 0 atom stereocenters. The highest BCUT2D eigenvalue weighted by atomic mass is 32.2. The van der Waals surface area contributed by atoms with E-state index in [-0.39, 0.29) is 16.4 Å². The molecule has 0 aliphatic carbocycles. The molecule has 1 amide bonds. The molecule has 1 saturated heterocycles. The van der Waals surface area contributed by atoms with E-state index < -0.39 is 10.0 Å². The van der Waals surface area contributed by atoms with Crippen molar-refractivity contribution in [1.82, 2.24) is 9.80 Å². The van der Waals surface area contributed by atoms with Crippen molar-refractivity contribution in [2.45, 2.75) is 4.90 Å². The molecule has 27 heavy (non-hydrogen) atoms. The maximum absolute atomic E-state index is 12.5. The van der Waals surface area contributed by atoms with Crippen LogP contribution in [-0.2, 0) is 10.0 Å². The van der Waals surface area contributed by atoms with E-state index >= 15 is 0 Å². The van der Waals surface area contributed by atoms with Gasteiger partial charge >= 0.3 is 0 Å². The molecule has 3 rings (SSSR count). The minimum Gasteiger partial charge on any atom is -0.336 e. The SMILES string of the molecule is CN1CCN(C(=O)c2ccc(NS(=O)(=O)c3ccccc3C#N)cc2)CC1. The third-order valence-electron chi connectivity index (χ3n) is 4.47. The van der Waals surface area contributed by atoms with Crippen LogP contribution < -0.4 is 4.72 Å². The Bertz CT molecular complexity index is 973. The van der Waals surface area contributed by atoms with Gasteiger partial charge in [-0.25, -0.2) is 8.42 Å². The molecule has 0 bridgehead atoms. The van der Waals surface area contributed by atoms with Crippen molar-refractivity contribution < 1.29 is 13.2 Å². The van der Waals surface area contributed by atoms with Gasteiger partial charge in [-0.1, -0.05) is 12.1 Å². The third kappa shape index (κ3) is 4.27. The van der Waals surface area contributed by atoms with E-state index in [0.717, 1.165) is 13.1 Å². The van der Waals surface area contributed by atoms with Gasteiger partial charge in [0.1, 0.15) is 11.0 Å². The zero-order chi connectivity index (χ0) is 19.4. The van der Waals surface area contributed by atoms with Crippen LogP contribution in [0.1, 0.15) is 15.9 Å². The first-order valence-corrected chi connectivity index (χ1v) is 9.99. The fraction of sp³-hybridized carbons (Fsp3) is 0.263. The minimum absolute atomic E-state index is 0.0627. The number of nitrogens with zero attached hydrogens (tertiary/aromatic N) is 3. The molecule has 140 valence electrons. The Balaban J connectivity index is 1.74. The summed E-state index contributed by atoms with van der Waals surface area (Å²) in [4.78, 5) is 16.4. The Kier molecular flexibility index (Phi) is 5.44. The van der Waals surface area contributed by atoms with Crippen molar-refractivity contribution in [3.05, 3.63) is 59.7 Å². The molecule has 1 fully saturated rings. The second-order valence-corrected chi connectivity index (χ2v) is 8.04. The summed E-state index contributed by atoms with van der Waals surface area (Å²) >= 11 is 0. The highest BCUT2D eigenvalue weighted by molar-refractivity contribution is 7.92. The maximum atomic E-state index is 12.5. The number of rotatable bonds is 4. The standard InChI is InChI=1S/C19H20N4O3S/c1-22-10-12-23(13-11-22)19(24)15-6-8-17(9-7-15)21-27(25,26)18-5-3-2-4-16(18)14-20/h2-9,21H,10-13H2,1H3. The topological polar surface area (TPSA) is 93.5 Å². The number of hydrogen-bond acceptors (Lipinski definition) is 5. The van der Waals surface area contributed by atoms with Gasteiger partial charge in [-0.2, -0.15) is 5.26 Å². The first-order valence-electron chi connectivity index (χ1n) is 8.50. The average Bonchev–Trinajstić information content (AvgIpc) is 2.68. The molecule has 7 nitrogen and oxygen atoms in total. The van der Waals surface area contributed by atoms with Crippen molar-refractivity contribution >= 4 is 21.6 Å². The predicted octanol–water partition coefficient (Wildman–Crippen LogP) is 1.75. The summed E-state index contributed by atoms with van der Waals surface area (Å²) in [5, 5.41) is 9.10. The number of carbonyl (C=O) groups is 1. The molecule has 1 N–H and O–H groups in total. The molecular weight excluding hydrogens is 364 g/mol. The Labute approximate surface area is 158 Å². The number of amides is 1. The summed E-state index contributed by atoms with van der Waals surface area (Å²) in [5.41, 5.74) is 0.921. The molecule has 0 aromatic heterocycles. The molecule has 1 heterocycles. The fourth-order valence-corrected chi connectivity index (χ4v) is 4.09. The molecule has 0 unspecified atom stereocenters. The lowest BCUT2D eigenvalue weighted by Gasteiger charge is -2.32. The Morgan fingerprint density at radius 3 is 2.30 bits per heavy atom. The monoisotopic (exact) mass is 384 g/mol. The van der Waals surface area contributed by atoms with Crippen LogP contribution in [0, 0.1) is 11.3 Å². The molecular formula is C19H20N4O3S. The van der Waals surface area contributed by atoms with E-state index in [1.165, 1.54) is 12.1 Å². The lowest BCUT2D eigenvalue weighted by molar-refractivity contribution is 0.0664. The number of anilines is 1. The largest absolute Gasteiger partial charge is 0.336 e. The lowest BCUT2D eigenvalue weighted by atomic mass is 10.1. The second kappa shape index (κ2) is 7.78. The highest BCUT2D eigenvalue weighted by Crippen LogP contribution is 2.20. The average molecular weight is 384 g/mol. The summed E-state index contributed by atoms with van der Waals surface area (Å²) in [7, 11) is -1.87. The number of nitrogens with one attached hydrogen (secondary N) is 1. The van der Waals surface area contributed by atoms with Crippen molar-refractivity contribution in [1.29, 1.82) is 5.26 Å². The Morgan fingerprint density at radius 2 is 1.67 bits per heavy atom. The molecule has 8 heteroatoms. The van der Waals surface area contributed by atoms with E-state index in [2.05, 4.69) is 9.62 Å². The van der Waals surface area contributed by atoms with Crippen LogP contribution in [0.3, 0.4) is 0 Å². The number of sulfonamides is 1. The van der Waals surface area contributed by atoms with Gasteiger partial charge in [-0.05, 0) is 43.4 Å². The number of carbonyl (C=O) groups excluding carboxylic acids is 1. The van der Waals surface area contributed by atoms with Crippen LogP contribution in [0.25, 0.3) is 0 Å². The van der Waals surface area contributed by atoms with Crippen LogP contribution in [0.2, 0.25) is 0 Å². The summed E-state index contributed by atoms with van der Waals surface area (Å²) in [6.07, 6.45) is 0. The van der Waals surface area contributed by atoms with Gasteiger partial charge in [0.25, 0.3) is 15.9 Å². The van der Waals surface area contributed by atoms with Gasteiger partial charge in [0.2, 0.25) is 0 Å². The number of benzene rings is 2. The normalized spacial score (nSPS) is 15.2. The lowest BCUT2D eigenvalue weighted by Crippen LogP contribution is -2.47. The smallest absolute Gasteiger partial charge is 0.263 e. The zero-order valence-corrected chi connectivity index (χ0v) is 15.7. The van der Waals surface area contributed by atoms with Crippen LogP contribution in [-0.4, -0.2) is 57.4 Å². The van der Waals surface area contributed by atoms with Crippen molar-refractivity contribution in [2.75, 3.05) is 37.9 Å². The number of nitriles is 1. The predicted molar refractivity (Wildman–Crippen MR) is 102 cm³/mol. The Hall–Kier alpha value is -2.89. The van der Waals surface area contributed by atoms with Gasteiger partial charge < -0.3 is 9.80 Å². The van der Waals surface area contributed by atoms with Gasteiger partial charge in [-0.15, -0.1) is 0 Å². The van der Waals surface area contributed by atoms with Gasteiger partial charge in [-0.3, -0.25) is 9.52 Å². The van der Waals surface area contributed by atoms with E-state index in [9.17, 15) is 13.2 Å². The molecule has 0 saturated carbocycles. The van der Waals surface area contributed by atoms with Gasteiger partial charge in [0.05, 0.1) is 5.56 Å². The van der Waals surface area contributed by atoms with Gasteiger partial charge in [0, 0.05) is 37.4 Å². The van der Waals surface area contributed by atoms with Crippen LogP contribution in [0.5, 0.6) is 0 Å². The Morgan fingerprint density at radius 1 is 1.04 bits per heavy atom. The second-order valence-electron chi connectivity index (χ2n) is 6.39. The van der Waals surface area contributed by atoms with Crippen LogP contribution in [0.15, 0.2) is 53.4 Å². The molecule has 1 aliphatic heterocycles. The minimum atomic E-state index is -3.89. The molecule has 0 spiro atoms. The molecule has 1 aliphatic rings. The fourth-order valence-electron chi connectivity index (χ4n) is 2.88. The summed E-state index contributed by atoms with van der Waals surface area (Å²) in [5.74, 6) is -0.0627. The van der Waals surface area contributed by atoms with Crippen LogP contribution >= 0.6 is 0 Å². The number of hydrogen-bond donors (Lipinski definition) is 1. The first kappa shape index (κ1) is 18.9. The quantitative estimate of drug-likeness (QED) is 0.867. The number of piperazine rings is 1. The van der Waals surface area contributed by atoms with Crippen molar-refractivity contribution in [2.24, 2.45) is 0 Å². The zero-order valence-electron chi connectivity index (χ0n) is 14.9. The summed E-state index contributed by atoms with van der Waals surface area (Å²) in [6, 6.07) is 14.2. The molecule has 2 aromatic rings. The third-order valence-corrected chi connectivity index (χ3v) is 5.91. The first-order chi connectivity index (χ1) is 12.9. The maximum Gasteiger partial charge on any atom is 0.263 e. The summed E-state index contributed by atoms with van der Waals surface area (Å²) < 4.78 is 27.5. The van der Waals surface area contributed by atoms with E-state index in [1.54, 1.807) is 41.3 Å². The van der Waals surface area contributed by atoms with Gasteiger partial charge in [0.15, 0.2) is 0 Å². The number of likely N-dealkylation sites (N-methyl/N-ethyl adjacent to an activating group) is 1. The molecule has 0 radical (unpaired) electrons. The van der Waals surface area contributed by atoms with E-state index in [1.807, 2.05) is 13.1 Å². The van der Waals surface area contributed by atoms with Crippen molar-refractivity contribution in [3.63, 3.8) is 0 Å². The van der Waals surface area contributed by atoms with E-state index in [4.69, 9.17) is 5.26 Å². The highest BCUT2D eigenvalue weighted by Gasteiger charge is 2.21. The van der Waals surface area contributed by atoms with Crippen LogP contribution in [0.4, 0.5) is 5.69 Å². The van der Waals surface area contributed by atoms with E-state index in [0.29, 0.717) is 24.3 Å². The summed E-state index contributed by atoms with van der Waals surface area (Å²) in [6.45, 7) is 3.02. The molecule has 2 aromatic carbocycles. The van der Waals surface area contributed by atoms with Crippen molar-refractivity contribution in [3.8, 4) is 6.07 Å².